The first-order chi connectivity index (χ1) is 8.01. The molecule has 4 nitrogen and oxygen atoms in total. The predicted molar refractivity (Wildman–Crippen MR) is 59.9 cm³/mol. The van der Waals surface area contributed by atoms with E-state index in [1.165, 1.54) is 0 Å². The van der Waals surface area contributed by atoms with Crippen LogP contribution in [0, 0.1) is 0 Å². The first kappa shape index (κ1) is 15.2. The van der Waals surface area contributed by atoms with E-state index in [2.05, 4.69) is 0 Å². The predicted octanol–water partition coefficient (Wildman–Crippen LogP) is 0.899. The minimum atomic E-state index is -4.91. The van der Waals surface area contributed by atoms with Gasteiger partial charge in [0.25, 0.3) is 0 Å². The highest BCUT2D eigenvalue weighted by Gasteiger charge is 2.42. The van der Waals surface area contributed by atoms with Gasteiger partial charge >= 0.3 is 12.1 Å². The number of likely N-dealkylation sites (tertiary alicyclic amines) is 1. The van der Waals surface area contributed by atoms with Crippen LogP contribution in [0.3, 0.4) is 0 Å². The summed E-state index contributed by atoms with van der Waals surface area (Å²) in [5, 5.41) is 11.5. The molecule has 1 aliphatic rings. The fraction of sp³-hybridized carbons (Fsp3) is 0.909. The molecule has 1 rings (SSSR count). The lowest BCUT2D eigenvalue weighted by Gasteiger charge is -2.43. The van der Waals surface area contributed by atoms with E-state index in [9.17, 15) is 23.1 Å². The van der Waals surface area contributed by atoms with E-state index in [-0.39, 0.29) is 12.1 Å². The number of carbonyl (C=O) groups excluding carboxylic acids is 1. The highest BCUT2D eigenvalue weighted by molar-refractivity contribution is 5.82. The first-order valence-electron chi connectivity index (χ1n) is 5.82. The van der Waals surface area contributed by atoms with Gasteiger partial charge in [0.2, 0.25) is 0 Å². The maximum Gasteiger partial charge on any atom is 0.471 e. The highest BCUT2D eigenvalue weighted by atomic mass is 19.4. The Labute approximate surface area is 104 Å². The van der Waals surface area contributed by atoms with Gasteiger partial charge in [0, 0.05) is 18.6 Å². The molecule has 0 radical (unpaired) electrons. The molecule has 1 saturated heterocycles. The molecule has 1 fully saturated rings. The zero-order valence-electron chi connectivity index (χ0n) is 10.7. The van der Waals surface area contributed by atoms with E-state index < -0.39 is 24.2 Å². The van der Waals surface area contributed by atoms with E-state index in [0.29, 0.717) is 13.0 Å². The highest BCUT2D eigenvalue weighted by Crippen LogP contribution is 2.22. The van der Waals surface area contributed by atoms with Crippen LogP contribution >= 0.6 is 0 Å². The lowest BCUT2D eigenvalue weighted by molar-refractivity contribution is -0.175. The second kappa shape index (κ2) is 5.05. The summed E-state index contributed by atoms with van der Waals surface area (Å²) in [5.41, 5.74) is -0.207. The molecular formula is C11H19F3N2O2. The molecule has 0 saturated carbocycles. The number of halogens is 3. The number of piperidine rings is 1. The quantitative estimate of drug-likeness (QED) is 0.743. The van der Waals surface area contributed by atoms with E-state index in [1.807, 2.05) is 31.0 Å². The van der Waals surface area contributed by atoms with Gasteiger partial charge in [-0.05, 0) is 27.2 Å². The van der Waals surface area contributed by atoms with Crippen molar-refractivity contribution in [1.82, 2.24) is 10.2 Å². The minimum Gasteiger partial charge on any atom is -0.391 e. The Morgan fingerprint density at radius 1 is 1.33 bits per heavy atom. The maximum atomic E-state index is 12.2. The summed E-state index contributed by atoms with van der Waals surface area (Å²) in [5.74, 6) is -2.00. The van der Waals surface area contributed by atoms with Gasteiger partial charge in [-0.15, -0.1) is 0 Å². The molecule has 1 amide bonds. The molecule has 2 N–H and O–H groups in total. The molecule has 106 valence electrons. The van der Waals surface area contributed by atoms with Crippen molar-refractivity contribution in [3.8, 4) is 0 Å². The van der Waals surface area contributed by atoms with Crippen LogP contribution in [0.15, 0.2) is 0 Å². The molecule has 7 heteroatoms. The number of aliphatic hydroxyl groups is 1. The SMILES string of the molecule is CC(C)(C)N1CCC(O)C(NC(=O)C(F)(F)F)C1. The summed E-state index contributed by atoms with van der Waals surface area (Å²) in [4.78, 5) is 12.8. The van der Waals surface area contributed by atoms with Crippen LogP contribution in [0.2, 0.25) is 0 Å². The third kappa shape index (κ3) is 3.84. The van der Waals surface area contributed by atoms with Crippen LogP contribution < -0.4 is 5.32 Å². The fourth-order valence-electron chi connectivity index (χ4n) is 1.94. The Bertz CT molecular complexity index is 312. The molecular weight excluding hydrogens is 249 g/mol. The number of alkyl halides is 3. The van der Waals surface area contributed by atoms with Gasteiger partial charge in [0.15, 0.2) is 0 Å². The van der Waals surface area contributed by atoms with Gasteiger partial charge in [-0.1, -0.05) is 0 Å². The molecule has 0 aromatic heterocycles. The van der Waals surface area contributed by atoms with Gasteiger partial charge in [0.1, 0.15) is 0 Å². The third-order valence-electron chi connectivity index (χ3n) is 3.10. The van der Waals surface area contributed by atoms with Crippen molar-refractivity contribution in [1.29, 1.82) is 0 Å². The van der Waals surface area contributed by atoms with Crippen molar-refractivity contribution in [2.45, 2.75) is 51.1 Å². The third-order valence-corrected chi connectivity index (χ3v) is 3.10. The van der Waals surface area contributed by atoms with Crippen LogP contribution in [0.25, 0.3) is 0 Å². The Morgan fingerprint density at radius 2 is 1.89 bits per heavy atom. The zero-order chi connectivity index (χ0) is 14.1. The van der Waals surface area contributed by atoms with E-state index >= 15 is 0 Å². The molecule has 2 unspecified atom stereocenters. The van der Waals surface area contributed by atoms with Gasteiger partial charge in [-0.25, -0.2) is 0 Å². The largest absolute Gasteiger partial charge is 0.471 e. The summed E-state index contributed by atoms with van der Waals surface area (Å²) >= 11 is 0. The fourth-order valence-corrected chi connectivity index (χ4v) is 1.94. The van der Waals surface area contributed by atoms with E-state index in [0.717, 1.165) is 0 Å². The number of aliphatic hydroxyl groups excluding tert-OH is 1. The molecule has 18 heavy (non-hydrogen) atoms. The second-order valence-electron chi connectivity index (χ2n) is 5.55. The number of rotatable bonds is 1. The molecule has 0 spiro atoms. The maximum absolute atomic E-state index is 12.2. The first-order valence-corrected chi connectivity index (χ1v) is 5.82. The van der Waals surface area contributed by atoms with Crippen molar-refractivity contribution >= 4 is 5.91 Å². The van der Waals surface area contributed by atoms with Gasteiger partial charge in [0.05, 0.1) is 12.1 Å². The summed E-state index contributed by atoms with van der Waals surface area (Å²) < 4.78 is 36.5. The van der Waals surface area contributed by atoms with Gasteiger partial charge in [-0.3, -0.25) is 9.69 Å². The van der Waals surface area contributed by atoms with Crippen molar-refractivity contribution < 1.29 is 23.1 Å². The summed E-state index contributed by atoms with van der Waals surface area (Å²) in [6.07, 6.45) is -5.50. The average molecular weight is 268 g/mol. The van der Waals surface area contributed by atoms with Crippen LogP contribution in [-0.4, -0.2) is 52.9 Å². The van der Waals surface area contributed by atoms with Crippen LogP contribution in [-0.2, 0) is 4.79 Å². The van der Waals surface area contributed by atoms with Crippen molar-refractivity contribution in [3.63, 3.8) is 0 Å². The molecule has 1 aliphatic heterocycles. The molecule has 2 atom stereocenters. The lowest BCUT2D eigenvalue weighted by atomic mass is 9.96. The van der Waals surface area contributed by atoms with Gasteiger partial charge < -0.3 is 10.4 Å². The molecule has 1 heterocycles. The molecule has 0 aromatic carbocycles. The second-order valence-corrected chi connectivity index (χ2v) is 5.55. The summed E-state index contributed by atoms with van der Waals surface area (Å²) in [7, 11) is 0. The standard InChI is InChI=1S/C11H19F3N2O2/c1-10(2,3)16-5-4-8(17)7(6-16)15-9(18)11(12,13)14/h7-8,17H,4-6H2,1-3H3,(H,15,18). The van der Waals surface area contributed by atoms with Crippen molar-refractivity contribution in [2.24, 2.45) is 0 Å². The zero-order valence-corrected chi connectivity index (χ0v) is 10.7. The monoisotopic (exact) mass is 268 g/mol. The van der Waals surface area contributed by atoms with Crippen molar-refractivity contribution in [3.05, 3.63) is 0 Å². The number of amides is 1. The number of carbonyl (C=O) groups is 1. The van der Waals surface area contributed by atoms with E-state index in [4.69, 9.17) is 0 Å². The Hall–Kier alpha value is -0.820. The number of nitrogens with zero attached hydrogens (tertiary/aromatic N) is 1. The Balaban J connectivity index is 2.66. The van der Waals surface area contributed by atoms with Crippen molar-refractivity contribution in [2.75, 3.05) is 13.1 Å². The van der Waals surface area contributed by atoms with Crippen LogP contribution in [0.4, 0.5) is 13.2 Å². The number of hydrogen-bond donors (Lipinski definition) is 2. The molecule has 0 aromatic rings. The minimum absolute atomic E-state index is 0.207. The van der Waals surface area contributed by atoms with Crippen LogP contribution in [0.5, 0.6) is 0 Å². The van der Waals surface area contributed by atoms with Crippen LogP contribution in [0.1, 0.15) is 27.2 Å². The normalized spacial score (nSPS) is 27.1. The topological polar surface area (TPSA) is 52.6 Å². The lowest BCUT2D eigenvalue weighted by Crippen LogP contribution is -2.60. The smallest absolute Gasteiger partial charge is 0.391 e. The summed E-state index contributed by atoms with van der Waals surface area (Å²) in [6.45, 7) is 6.63. The molecule has 0 aliphatic carbocycles. The number of nitrogens with one attached hydrogen (secondary N) is 1. The molecule has 0 bridgehead atoms. The Kier molecular flexibility index (Phi) is 4.27. The summed E-state index contributed by atoms with van der Waals surface area (Å²) in [6, 6.07) is -0.882. The number of hydrogen-bond acceptors (Lipinski definition) is 3. The van der Waals surface area contributed by atoms with Gasteiger partial charge in [-0.2, -0.15) is 13.2 Å². The van der Waals surface area contributed by atoms with E-state index in [1.54, 1.807) is 0 Å². The Morgan fingerprint density at radius 3 is 2.33 bits per heavy atom. The average Bonchev–Trinajstić information content (AvgIpc) is 2.18.